The van der Waals surface area contributed by atoms with Crippen molar-refractivity contribution in [3.8, 4) is 0 Å². The Balaban J connectivity index is 2.85. The predicted molar refractivity (Wildman–Crippen MR) is 95.0 cm³/mol. The van der Waals surface area contributed by atoms with Crippen LogP contribution < -0.4 is 10.6 Å². The van der Waals surface area contributed by atoms with Gasteiger partial charge in [0, 0.05) is 25.2 Å². The van der Waals surface area contributed by atoms with Gasteiger partial charge in [-0.05, 0) is 32.9 Å². The lowest BCUT2D eigenvalue weighted by Crippen LogP contribution is -2.92. The van der Waals surface area contributed by atoms with Crippen molar-refractivity contribution < 1.29 is 18.5 Å². The molecule has 0 aliphatic heterocycles. The zero-order valence-corrected chi connectivity index (χ0v) is 16.1. The van der Waals surface area contributed by atoms with Crippen molar-refractivity contribution in [2.24, 2.45) is 0 Å². The van der Waals surface area contributed by atoms with Crippen molar-refractivity contribution >= 4 is 15.9 Å². The van der Waals surface area contributed by atoms with E-state index in [0.29, 0.717) is 24.5 Å². The fourth-order valence-corrected chi connectivity index (χ4v) is 4.08. The maximum atomic E-state index is 12.5. The van der Waals surface area contributed by atoms with Gasteiger partial charge in [-0.1, -0.05) is 26.0 Å². The van der Waals surface area contributed by atoms with Gasteiger partial charge < -0.3 is 10.6 Å². The Kier molecular flexibility index (Phi) is 7.86. The van der Waals surface area contributed by atoms with Crippen molar-refractivity contribution in [1.29, 1.82) is 0 Å². The molecule has 2 atom stereocenters. The highest BCUT2D eigenvalue weighted by atomic mass is 32.2. The summed E-state index contributed by atoms with van der Waals surface area (Å²) < 4.78 is 26.4. The lowest BCUT2D eigenvalue weighted by atomic mass is 10.1. The van der Waals surface area contributed by atoms with E-state index >= 15 is 0 Å². The molecule has 0 heterocycles. The molecule has 0 aliphatic carbocycles. The number of hydrogen-bond acceptors (Lipinski definition) is 3. The zero-order valence-electron chi connectivity index (χ0n) is 15.2. The SMILES string of the molecule is CCNC(=O)[C@H](C)[NH2+][C@H](C)c1ccc(S(=O)(=O)N(CC)CC)cc1. The molecular formula is C17H30N3O3S+. The van der Waals surface area contributed by atoms with E-state index in [1.165, 1.54) is 4.31 Å². The maximum Gasteiger partial charge on any atom is 0.277 e. The van der Waals surface area contributed by atoms with Gasteiger partial charge in [0.05, 0.1) is 4.90 Å². The Morgan fingerprint density at radius 1 is 1.12 bits per heavy atom. The van der Waals surface area contributed by atoms with Gasteiger partial charge in [0.1, 0.15) is 6.04 Å². The first kappa shape index (κ1) is 20.6. The van der Waals surface area contributed by atoms with Crippen molar-refractivity contribution in [2.75, 3.05) is 19.6 Å². The normalized spacial score (nSPS) is 14.4. The number of carbonyl (C=O) groups is 1. The van der Waals surface area contributed by atoms with E-state index in [0.717, 1.165) is 5.56 Å². The van der Waals surface area contributed by atoms with Gasteiger partial charge in [0.25, 0.3) is 5.91 Å². The third-order valence-electron chi connectivity index (χ3n) is 4.09. The Morgan fingerprint density at radius 2 is 1.67 bits per heavy atom. The quantitative estimate of drug-likeness (QED) is 0.689. The van der Waals surface area contributed by atoms with Crippen LogP contribution in [0, 0.1) is 0 Å². The van der Waals surface area contributed by atoms with Gasteiger partial charge >= 0.3 is 0 Å². The lowest BCUT2D eigenvalue weighted by Gasteiger charge is -2.19. The van der Waals surface area contributed by atoms with Gasteiger partial charge in [-0.3, -0.25) is 4.79 Å². The Labute approximate surface area is 145 Å². The number of sulfonamides is 1. The average Bonchev–Trinajstić information content (AvgIpc) is 2.56. The molecule has 0 aliphatic rings. The Hall–Kier alpha value is -1.44. The number of nitrogens with two attached hydrogens (primary N) is 1. The van der Waals surface area contributed by atoms with E-state index in [2.05, 4.69) is 5.32 Å². The van der Waals surface area contributed by atoms with Crippen LogP contribution in [-0.4, -0.2) is 44.3 Å². The first-order valence-electron chi connectivity index (χ1n) is 8.50. The smallest absolute Gasteiger partial charge is 0.277 e. The van der Waals surface area contributed by atoms with Crippen LogP contribution in [0.1, 0.15) is 46.2 Å². The minimum Gasteiger partial charge on any atom is -0.351 e. The number of rotatable bonds is 9. The molecule has 0 spiro atoms. The van der Waals surface area contributed by atoms with E-state index in [9.17, 15) is 13.2 Å². The number of nitrogens with zero attached hydrogens (tertiary/aromatic N) is 1. The summed E-state index contributed by atoms with van der Waals surface area (Å²) in [5.41, 5.74) is 0.990. The molecule has 0 radical (unpaired) electrons. The maximum absolute atomic E-state index is 12.5. The summed E-state index contributed by atoms with van der Waals surface area (Å²) in [5, 5.41) is 4.77. The molecule has 24 heavy (non-hydrogen) atoms. The second-order valence-electron chi connectivity index (χ2n) is 5.82. The van der Waals surface area contributed by atoms with Crippen LogP contribution in [0.15, 0.2) is 29.2 Å². The molecule has 3 N–H and O–H groups in total. The standard InChI is InChI=1S/C17H29N3O3S/c1-6-18-17(21)14(5)19-13(4)15-9-11-16(12-10-15)24(22,23)20(7-2)8-3/h9-14,19H,6-8H2,1-5H3,(H,18,21)/p+1/t13-,14+/m1/s1. The summed E-state index contributed by atoms with van der Waals surface area (Å²) in [4.78, 5) is 12.1. The van der Waals surface area contributed by atoms with Crippen LogP contribution in [-0.2, 0) is 14.8 Å². The largest absolute Gasteiger partial charge is 0.351 e. The number of benzene rings is 1. The summed E-state index contributed by atoms with van der Waals surface area (Å²) in [6.45, 7) is 10.9. The molecule has 136 valence electrons. The predicted octanol–water partition coefficient (Wildman–Crippen LogP) is 0.866. The van der Waals surface area contributed by atoms with Crippen molar-refractivity contribution in [2.45, 2.75) is 51.6 Å². The fraction of sp³-hybridized carbons (Fsp3) is 0.588. The summed E-state index contributed by atoms with van der Waals surface area (Å²) in [7, 11) is -3.43. The summed E-state index contributed by atoms with van der Waals surface area (Å²) in [5.74, 6) is 0.00470. The minimum absolute atomic E-state index is 0.00470. The topological polar surface area (TPSA) is 83.1 Å². The molecule has 0 saturated carbocycles. The second-order valence-corrected chi connectivity index (χ2v) is 7.76. The first-order valence-corrected chi connectivity index (χ1v) is 9.94. The Morgan fingerprint density at radius 3 is 2.12 bits per heavy atom. The molecular weight excluding hydrogens is 326 g/mol. The second kappa shape index (κ2) is 9.15. The third kappa shape index (κ3) is 5.03. The van der Waals surface area contributed by atoms with Gasteiger partial charge in [0.15, 0.2) is 6.04 Å². The fourth-order valence-electron chi connectivity index (χ4n) is 2.62. The number of likely N-dealkylation sites (N-methyl/N-ethyl adjacent to an activating group) is 1. The number of hydrogen-bond donors (Lipinski definition) is 2. The van der Waals surface area contributed by atoms with Crippen molar-refractivity contribution in [1.82, 2.24) is 9.62 Å². The molecule has 1 aromatic rings. The lowest BCUT2D eigenvalue weighted by molar-refractivity contribution is -0.710. The van der Waals surface area contributed by atoms with Crippen LogP contribution >= 0.6 is 0 Å². The molecule has 1 rings (SSSR count). The number of carbonyl (C=O) groups excluding carboxylic acids is 1. The van der Waals surface area contributed by atoms with Crippen molar-refractivity contribution in [3.05, 3.63) is 29.8 Å². The van der Waals surface area contributed by atoms with Crippen molar-refractivity contribution in [3.63, 3.8) is 0 Å². The van der Waals surface area contributed by atoms with E-state index in [4.69, 9.17) is 0 Å². The number of quaternary nitrogens is 1. The molecule has 7 heteroatoms. The molecule has 0 saturated heterocycles. The summed E-state index contributed by atoms with van der Waals surface area (Å²) in [6, 6.07) is 6.80. The molecule has 0 aromatic heterocycles. The highest BCUT2D eigenvalue weighted by molar-refractivity contribution is 7.89. The van der Waals surface area contributed by atoms with E-state index in [1.54, 1.807) is 12.1 Å². The zero-order chi connectivity index (χ0) is 18.3. The van der Waals surface area contributed by atoms with E-state index in [1.807, 2.05) is 52.1 Å². The summed E-state index contributed by atoms with van der Waals surface area (Å²) >= 11 is 0. The third-order valence-corrected chi connectivity index (χ3v) is 6.16. The highest BCUT2D eigenvalue weighted by Crippen LogP contribution is 2.18. The average molecular weight is 357 g/mol. The van der Waals surface area contributed by atoms with Crippen LogP contribution in [0.5, 0.6) is 0 Å². The molecule has 1 aromatic carbocycles. The molecule has 0 unspecified atom stereocenters. The van der Waals surface area contributed by atoms with Gasteiger partial charge in [-0.25, -0.2) is 8.42 Å². The molecule has 0 bridgehead atoms. The van der Waals surface area contributed by atoms with Crippen LogP contribution in [0.3, 0.4) is 0 Å². The van der Waals surface area contributed by atoms with Crippen LogP contribution in [0.25, 0.3) is 0 Å². The highest BCUT2D eigenvalue weighted by Gasteiger charge is 2.23. The molecule has 0 fully saturated rings. The van der Waals surface area contributed by atoms with Gasteiger partial charge in [-0.2, -0.15) is 4.31 Å². The van der Waals surface area contributed by atoms with Gasteiger partial charge in [0.2, 0.25) is 10.0 Å². The number of nitrogens with one attached hydrogen (secondary N) is 1. The molecule has 1 amide bonds. The Bertz CT molecular complexity index is 625. The van der Waals surface area contributed by atoms with Gasteiger partial charge in [-0.15, -0.1) is 0 Å². The molecule has 6 nitrogen and oxygen atoms in total. The monoisotopic (exact) mass is 356 g/mol. The van der Waals surface area contributed by atoms with Crippen LogP contribution in [0.2, 0.25) is 0 Å². The number of amides is 1. The minimum atomic E-state index is -3.43. The van der Waals surface area contributed by atoms with Crippen LogP contribution in [0.4, 0.5) is 0 Å². The summed E-state index contributed by atoms with van der Waals surface area (Å²) in [6.07, 6.45) is 0. The van der Waals surface area contributed by atoms with E-state index < -0.39 is 10.0 Å². The van der Waals surface area contributed by atoms with E-state index in [-0.39, 0.29) is 18.0 Å². The first-order chi connectivity index (χ1) is 11.3.